The second-order valence-corrected chi connectivity index (χ2v) is 10.7. The van der Waals surface area contributed by atoms with Crippen molar-refractivity contribution in [3.8, 4) is 0 Å². The van der Waals surface area contributed by atoms with E-state index in [0.29, 0.717) is 42.6 Å². The van der Waals surface area contributed by atoms with E-state index >= 15 is 0 Å². The van der Waals surface area contributed by atoms with Crippen LogP contribution in [0.1, 0.15) is 60.6 Å². The first kappa shape index (κ1) is 23.3. The van der Waals surface area contributed by atoms with E-state index < -0.39 is 17.0 Å². The minimum atomic E-state index is -0.850. The molecule has 2 atom stereocenters. The van der Waals surface area contributed by atoms with Crippen LogP contribution in [0.3, 0.4) is 0 Å². The van der Waals surface area contributed by atoms with E-state index in [-0.39, 0.29) is 22.8 Å². The lowest BCUT2D eigenvalue weighted by molar-refractivity contribution is -0.121. The number of β-amino-alcohol motifs (C(OH)–C–C–N with tert-alkyl or cyclic N) is 1. The fourth-order valence-electron chi connectivity index (χ4n) is 5.90. The Kier molecular flexibility index (Phi) is 5.69. The van der Waals surface area contributed by atoms with Crippen LogP contribution in [0.5, 0.6) is 0 Å². The zero-order valence-electron chi connectivity index (χ0n) is 19.0. The number of hydrogen-bond acceptors (Lipinski definition) is 5. The Morgan fingerprint density at radius 3 is 2.56 bits per heavy atom. The van der Waals surface area contributed by atoms with E-state index in [1.54, 1.807) is 17.9 Å². The van der Waals surface area contributed by atoms with Crippen LogP contribution in [0.25, 0.3) is 0 Å². The highest BCUT2D eigenvalue weighted by Gasteiger charge is 2.53. The number of imidazole rings is 1. The van der Waals surface area contributed by atoms with Crippen LogP contribution in [0.2, 0.25) is 5.02 Å². The monoisotopic (exact) mass is 489 g/mol. The molecule has 2 aromatic rings. The molecule has 0 spiro atoms. The molecule has 0 radical (unpaired) electrons. The average Bonchev–Trinajstić information content (AvgIpc) is 3.20. The number of fused-ring (bicyclic) bond motifs is 1. The van der Waals surface area contributed by atoms with Crippen molar-refractivity contribution in [2.24, 2.45) is 24.6 Å². The van der Waals surface area contributed by atoms with Crippen LogP contribution < -0.4 is 16.4 Å². The summed E-state index contributed by atoms with van der Waals surface area (Å²) >= 11 is 5.84. The molecule has 3 fully saturated rings. The number of benzene rings is 1. The summed E-state index contributed by atoms with van der Waals surface area (Å²) in [7, 11) is 1.77. The molecule has 8 nitrogen and oxygen atoms in total. The minimum Gasteiger partial charge on any atom is -0.389 e. The number of hydrogen-bond donors (Lipinski definition) is 4. The number of halogens is 2. The number of amides is 2. The highest BCUT2D eigenvalue weighted by Crippen LogP contribution is 2.54. The van der Waals surface area contributed by atoms with Crippen molar-refractivity contribution in [3.05, 3.63) is 46.8 Å². The van der Waals surface area contributed by atoms with Gasteiger partial charge in [-0.25, -0.2) is 9.37 Å². The molecule has 2 amide bonds. The van der Waals surface area contributed by atoms with Crippen LogP contribution in [-0.4, -0.2) is 44.2 Å². The number of nitrogens with zero attached hydrogens (tertiary/aromatic N) is 2. The van der Waals surface area contributed by atoms with E-state index in [1.165, 1.54) is 18.2 Å². The standard InChI is InChI=1S/C24H29ClFN5O3/c1-31-12-28-19(20(31)21(32)30-16-2-3-18(26)17(25)8-16)13-6-14-9-23(34,10-15(14)7-13)11-29-24(4-5-24)22(27)33/h2-3,8,12-15,29,34H,4-7,9-11H2,1H3,(H2,27,33)(H,30,32). The zero-order chi connectivity index (χ0) is 24.3. The summed E-state index contributed by atoms with van der Waals surface area (Å²) in [6, 6.07) is 4.06. The maximum absolute atomic E-state index is 13.5. The third-order valence-corrected chi connectivity index (χ3v) is 8.14. The van der Waals surface area contributed by atoms with E-state index in [0.717, 1.165) is 31.4 Å². The van der Waals surface area contributed by atoms with Crippen molar-refractivity contribution in [3.63, 3.8) is 0 Å². The van der Waals surface area contributed by atoms with Gasteiger partial charge in [-0.15, -0.1) is 0 Å². The third-order valence-electron chi connectivity index (χ3n) is 7.85. The number of aromatic nitrogens is 2. The van der Waals surface area contributed by atoms with Crippen molar-refractivity contribution >= 4 is 29.1 Å². The summed E-state index contributed by atoms with van der Waals surface area (Å²) in [4.78, 5) is 29.2. The molecular formula is C24H29ClFN5O3. The summed E-state index contributed by atoms with van der Waals surface area (Å²) in [5.74, 6) is -0.444. The second kappa shape index (κ2) is 8.32. The van der Waals surface area contributed by atoms with Gasteiger partial charge >= 0.3 is 0 Å². The maximum atomic E-state index is 13.5. The van der Waals surface area contributed by atoms with Crippen molar-refractivity contribution in [2.45, 2.75) is 55.6 Å². The smallest absolute Gasteiger partial charge is 0.274 e. The van der Waals surface area contributed by atoms with E-state index in [2.05, 4.69) is 15.6 Å². The summed E-state index contributed by atoms with van der Waals surface area (Å²) in [5.41, 5.74) is 5.63. The largest absolute Gasteiger partial charge is 0.389 e. The lowest BCUT2D eigenvalue weighted by Gasteiger charge is -2.27. The number of anilines is 1. The summed E-state index contributed by atoms with van der Waals surface area (Å²) in [5, 5.41) is 17.1. The molecule has 3 aliphatic rings. The first-order valence-electron chi connectivity index (χ1n) is 11.6. The molecule has 1 heterocycles. The SMILES string of the molecule is Cn1cnc(C2CC3CC(O)(CNC4(C(N)=O)CC4)CC3C2)c1C(=O)Nc1ccc(F)c(Cl)c1. The summed E-state index contributed by atoms with van der Waals surface area (Å²) in [6.45, 7) is 0.366. The Morgan fingerprint density at radius 2 is 1.97 bits per heavy atom. The van der Waals surface area contributed by atoms with Crippen molar-refractivity contribution in [1.29, 1.82) is 0 Å². The van der Waals surface area contributed by atoms with Crippen LogP contribution >= 0.6 is 11.6 Å². The van der Waals surface area contributed by atoms with Gasteiger partial charge in [0.05, 0.1) is 28.2 Å². The van der Waals surface area contributed by atoms with Crippen LogP contribution in [0.15, 0.2) is 24.5 Å². The predicted octanol–water partition coefficient (Wildman–Crippen LogP) is 2.71. The third kappa shape index (κ3) is 4.21. The molecule has 3 saturated carbocycles. The molecular weight excluding hydrogens is 461 g/mol. The number of aliphatic hydroxyl groups is 1. The van der Waals surface area contributed by atoms with Crippen molar-refractivity contribution < 1.29 is 19.1 Å². The van der Waals surface area contributed by atoms with Gasteiger partial charge < -0.3 is 26.0 Å². The first-order chi connectivity index (χ1) is 16.1. The molecule has 34 heavy (non-hydrogen) atoms. The number of rotatable bonds is 7. The molecule has 0 aliphatic heterocycles. The number of carbonyl (C=O) groups is 2. The predicted molar refractivity (Wildman–Crippen MR) is 125 cm³/mol. The Morgan fingerprint density at radius 1 is 1.29 bits per heavy atom. The van der Waals surface area contributed by atoms with Gasteiger partial charge in [-0.3, -0.25) is 9.59 Å². The summed E-state index contributed by atoms with van der Waals surface area (Å²) in [6.07, 6.45) is 6.07. The molecule has 10 heteroatoms. The van der Waals surface area contributed by atoms with Crippen LogP contribution in [-0.2, 0) is 11.8 Å². The molecule has 1 aromatic heterocycles. The average molecular weight is 490 g/mol. The molecule has 5 N–H and O–H groups in total. The fraction of sp³-hybridized carbons (Fsp3) is 0.542. The van der Waals surface area contributed by atoms with E-state index in [9.17, 15) is 19.1 Å². The molecule has 0 saturated heterocycles. The van der Waals surface area contributed by atoms with Gasteiger partial charge in [-0.05, 0) is 68.6 Å². The number of carbonyl (C=O) groups excluding carboxylic acids is 2. The first-order valence-corrected chi connectivity index (χ1v) is 12.0. The highest BCUT2D eigenvalue weighted by molar-refractivity contribution is 6.31. The second-order valence-electron chi connectivity index (χ2n) is 10.3. The molecule has 0 bridgehead atoms. The Labute approximate surface area is 202 Å². The fourth-order valence-corrected chi connectivity index (χ4v) is 6.08. The Balaban J connectivity index is 1.24. The molecule has 3 aliphatic carbocycles. The van der Waals surface area contributed by atoms with Crippen LogP contribution in [0.4, 0.5) is 10.1 Å². The summed E-state index contributed by atoms with van der Waals surface area (Å²) < 4.78 is 15.2. The van der Waals surface area contributed by atoms with Gasteiger partial charge in [0, 0.05) is 25.2 Å². The Bertz CT molecular complexity index is 1130. The van der Waals surface area contributed by atoms with Gasteiger partial charge in [0.1, 0.15) is 11.5 Å². The lowest BCUT2D eigenvalue weighted by atomic mass is 9.92. The van der Waals surface area contributed by atoms with E-state index in [4.69, 9.17) is 17.3 Å². The molecule has 5 rings (SSSR count). The van der Waals surface area contributed by atoms with Crippen LogP contribution in [0, 0.1) is 17.7 Å². The van der Waals surface area contributed by atoms with Gasteiger partial charge in [0.2, 0.25) is 5.91 Å². The highest BCUT2D eigenvalue weighted by atomic mass is 35.5. The molecule has 1 aromatic carbocycles. The van der Waals surface area contributed by atoms with Crippen molar-refractivity contribution in [2.75, 3.05) is 11.9 Å². The van der Waals surface area contributed by atoms with Gasteiger partial charge in [0.15, 0.2) is 0 Å². The number of primary amides is 1. The number of nitrogens with two attached hydrogens (primary N) is 1. The maximum Gasteiger partial charge on any atom is 0.274 e. The van der Waals surface area contributed by atoms with Gasteiger partial charge in [-0.1, -0.05) is 11.6 Å². The lowest BCUT2D eigenvalue weighted by Crippen LogP contribution is -2.50. The number of aryl methyl sites for hydroxylation is 1. The number of nitrogens with one attached hydrogen (secondary N) is 2. The van der Waals surface area contributed by atoms with Gasteiger partial charge in [0.25, 0.3) is 5.91 Å². The minimum absolute atomic E-state index is 0.0583. The molecule has 2 unspecified atom stereocenters. The normalized spacial score (nSPS) is 29.1. The zero-order valence-corrected chi connectivity index (χ0v) is 19.7. The molecule has 182 valence electrons. The van der Waals surface area contributed by atoms with E-state index in [1.807, 2.05) is 0 Å². The quantitative estimate of drug-likeness (QED) is 0.476. The van der Waals surface area contributed by atoms with Gasteiger partial charge in [-0.2, -0.15) is 0 Å². The topological polar surface area (TPSA) is 122 Å². The van der Waals surface area contributed by atoms with Crippen molar-refractivity contribution in [1.82, 2.24) is 14.9 Å². The Hall–Kier alpha value is -2.49.